The highest BCUT2D eigenvalue weighted by atomic mass is 15.3. The third-order valence-electron chi connectivity index (χ3n) is 4.33. The molecule has 1 fully saturated rings. The van der Waals surface area contributed by atoms with Crippen LogP contribution < -0.4 is 10.2 Å². The fourth-order valence-corrected chi connectivity index (χ4v) is 3.43. The van der Waals surface area contributed by atoms with Gasteiger partial charge in [0.25, 0.3) is 0 Å². The van der Waals surface area contributed by atoms with Gasteiger partial charge < -0.3 is 10.2 Å². The number of rotatable bonds is 1. The van der Waals surface area contributed by atoms with Crippen LogP contribution >= 0.6 is 0 Å². The minimum absolute atomic E-state index is 0.399. The number of benzene rings is 1. The topological polar surface area (TPSA) is 15.3 Å². The Morgan fingerprint density at radius 3 is 2.65 bits per heavy atom. The molecule has 0 aromatic heterocycles. The van der Waals surface area contributed by atoms with Crippen molar-refractivity contribution in [3.8, 4) is 0 Å². The van der Waals surface area contributed by atoms with Crippen molar-refractivity contribution in [2.45, 2.75) is 51.6 Å². The fraction of sp³-hybridized carbons (Fsp3) is 0.600. The van der Waals surface area contributed by atoms with Crippen LogP contribution in [-0.2, 0) is 0 Å². The van der Waals surface area contributed by atoms with Gasteiger partial charge in [-0.25, -0.2) is 0 Å². The van der Waals surface area contributed by atoms with E-state index in [0.717, 1.165) is 6.54 Å². The van der Waals surface area contributed by atoms with Crippen LogP contribution in [0.4, 0.5) is 11.4 Å². The average Bonchev–Trinajstić information content (AvgIpc) is 2.24. The number of hydrogen-bond acceptors (Lipinski definition) is 2. The second-order valence-corrected chi connectivity index (χ2v) is 5.92. The van der Waals surface area contributed by atoms with E-state index in [0.29, 0.717) is 11.6 Å². The second-order valence-electron chi connectivity index (χ2n) is 5.92. The number of aryl methyl sites for hydroxylation is 1. The molecule has 1 saturated carbocycles. The number of anilines is 2. The van der Waals surface area contributed by atoms with Crippen LogP contribution in [0.5, 0.6) is 0 Å². The van der Waals surface area contributed by atoms with Crippen molar-refractivity contribution < 1.29 is 0 Å². The number of hydrogen-bond donors (Lipinski definition) is 1. The largest absolute Gasteiger partial charge is 0.381 e. The molecule has 92 valence electrons. The van der Waals surface area contributed by atoms with Crippen molar-refractivity contribution >= 4 is 11.4 Å². The first kappa shape index (κ1) is 10.9. The summed E-state index contributed by atoms with van der Waals surface area (Å²) in [6.45, 7) is 7.90. The lowest BCUT2D eigenvalue weighted by Crippen LogP contribution is -2.62. The van der Waals surface area contributed by atoms with Crippen molar-refractivity contribution in [1.82, 2.24) is 0 Å². The minimum atomic E-state index is 0.399. The van der Waals surface area contributed by atoms with E-state index in [2.05, 4.69) is 49.2 Å². The molecule has 0 amide bonds. The van der Waals surface area contributed by atoms with Gasteiger partial charge in [0.15, 0.2) is 0 Å². The zero-order valence-corrected chi connectivity index (χ0v) is 11.1. The smallest absolute Gasteiger partial charge is 0.0609 e. The molecular weight excluding hydrogens is 208 g/mol. The molecule has 0 radical (unpaired) electrons. The molecule has 0 unspecified atom stereocenters. The second kappa shape index (κ2) is 3.66. The summed E-state index contributed by atoms with van der Waals surface area (Å²) in [4.78, 5) is 2.65. The van der Waals surface area contributed by atoms with Crippen LogP contribution in [0, 0.1) is 6.92 Å². The van der Waals surface area contributed by atoms with Gasteiger partial charge >= 0.3 is 0 Å². The molecular formula is C15H22N2. The summed E-state index contributed by atoms with van der Waals surface area (Å²) < 4.78 is 0. The molecule has 1 spiro atoms. The van der Waals surface area contributed by atoms with Crippen LogP contribution in [0.15, 0.2) is 18.2 Å². The van der Waals surface area contributed by atoms with Gasteiger partial charge in [-0.15, -0.1) is 0 Å². The highest BCUT2D eigenvalue weighted by Crippen LogP contribution is 2.47. The Balaban J connectivity index is 2.06. The summed E-state index contributed by atoms with van der Waals surface area (Å²) in [6.07, 6.45) is 4.06. The maximum atomic E-state index is 3.64. The maximum Gasteiger partial charge on any atom is 0.0609 e. The van der Waals surface area contributed by atoms with Crippen molar-refractivity contribution in [2.75, 3.05) is 16.8 Å². The standard InChI is InChI=1S/C15H22N2/c1-11(2)17-14-6-5-12(3)9-13(14)16-10-15(17)7-4-8-15/h5-6,9,11,16H,4,7-8,10H2,1-3H3. The predicted octanol–water partition coefficient (Wildman–Crippen LogP) is 3.56. The minimum Gasteiger partial charge on any atom is -0.381 e. The highest BCUT2D eigenvalue weighted by molar-refractivity contribution is 5.75. The zero-order valence-electron chi connectivity index (χ0n) is 11.1. The van der Waals surface area contributed by atoms with E-state index in [4.69, 9.17) is 0 Å². The first-order valence-corrected chi connectivity index (χ1v) is 6.76. The Labute approximate surface area is 104 Å². The Morgan fingerprint density at radius 2 is 2.06 bits per heavy atom. The Bertz CT molecular complexity index is 433. The number of nitrogens with one attached hydrogen (secondary N) is 1. The van der Waals surface area contributed by atoms with Crippen molar-refractivity contribution in [3.63, 3.8) is 0 Å². The maximum absolute atomic E-state index is 3.64. The van der Waals surface area contributed by atoms with Crippen molar-refractivity contribution in [1.29, 1.82) is 0 Å². The molecule has 0 bridgehead atoms. The zero-order chi connectivity index (χ0) is 12.0. The molecule has 1 aromatic rings. The van der Waals surface area contributed by atoms with Gasteiger partial charge in [-0.2, -0.15) is 0 Å². The lowest BCUT2D eigenvalue weighted by molar-refractivity contribution is 0.226. The molecule has 3 rings (SSSR count). The molecule has 0 atom stereocenters. The van der Waals surface area contributed by atoms with E-state index in [1.807, 2.05) is 0 Å². The van der Waals surface area contributed by atoms with Gasteiger partial charge in [-0.3, -0.25) is 0 Å². The van der Waals surface area contributed by atoms with E-state index in [1.54, 1.807) is 0 Å². The van der Waals surface area contributed by atoms with E-state index in [-0.39, 0.29) is 0 Å². The number of fused-ring (bicyclic) bond motifs is 1. The van der Waals surface area contributed by atoms with E-state index in [1.165, 1.54) is 36.2 Å². The van der Waals surface area contributed by atoms with Crippen LogP contribution in [0.1, 0.15) is 38.7 Å². The van der Waals surface area contributed by atoms with Crippen LogP contribution in [0.2, 0.25) is 0 Å². The van der Waals surface area contributed by atoms with Gasteiger partial charge in [-0.1, -0.05) is 6.07 Å². The molecule has 17 heavy (non-hydrogen) atoms. The molecule has 1 aliphatic carbocycles. The summed E-state index contributed by atoms with van der Waals surface area (Å²) in [7, 11) is 0. The first-order valence-electron chi connectivity index (χ1n) is 6.76. The quantitative estimate of drug-likeness (QED) is 0.793. The van der Waals surface area contributed by atoms with Gasteiger partial charge in [0, 0.05) is 12.6 Å². The molecule has 1 aromatic carbocycles. The first-order chi connectivity index (χ1) is 8.12. The summed E-state index contributed by atoms with van der Waals surface area (Å²) in [6, 6.07) is 7.37. The Morgan fingerprint density at radius 1 is 1.29 bits per heavy atom. The van der Waals surface area contributed by atoms with Crippen LogP contribution in [0.3, 0.4) is 0 Å². The van der Waals surface area contributed by atoms with Crippen molar-refractivity contribution in [2.24, 2.45) is 0 Å². The summed E-state index contributed by atoms with van der Waals surface area (Å²) in [5.41, 5.74) is 4.45. The monoisotopic (exact) mass is 230 g/mol. The lowest BCUT2D eigenvalue weighted by atomic mass is 9.73. The summed E-state index contributed by atoms with van der Waals surface area (Å²) in [5, 5.41) is 3.64. The molecule has 2 heteroatoms. The van der Waals surface area contributed by atoms with Crippen LogP contribution in [-0.4, -0.2) is 18.1 Å². The van der Waals surface area contributed by atoms with Gasteiger partial charge in [0.1, 0.15) is 0 Å². The fourth-order valence-electron chi connectivity index (χ4n) is 3.43. The van der Waals surface area contributed by atoms with E-state index >= 15 is 0 Å². The van der Waals surface area contributed by atoms with E-state index < -0.39 is 0 Å². The van der Waals surface area contributed by atoms with E-state index in [9.17, 15) is 0 Å². The Kier molecular flexibility index (Phi) is 2.35. The van der Waals surface area contributed by atoms with Crippen LogP contribution in [0.25, 0.3) is 0 Å². The normalized spacial score (nSPS) is 21.1. The molecule has 0 saturated heterocycles. The van der Waals surface area contributed by atoms with Gasteiger partial charge in [-0.05, 0) is 57.7 Å². The molecule has 1 aliphatic heterocycles. The van der Waals surface area contributed by atoms with Crippen molar-refractivity contribution in [3.05, 3.63) is 23.8 Å². The SMILES string of the molecule is Cc1ccc2c(c1)NCC1(CCC1)N2C(C)C. The average molecular weight is 230 g/mol. The summed E-state index contributed by atoms with van der Waals surface area (Å²) >= 11 is 0. The molecule has 2 aliphatic rings. The Hall–Kier alpha value is -1.18. The highest BCUT2D eigenvalue weighted by Gasteiger charge is 2.46. The van der Waals surface area contributed by atoms with Gasteiger partial charge in [0.05, 0.1) is 16.9 Å². The molecule has 1 N–H and O–H groups in total. The third-order valence-corrected chi connectivity index (χ3v) is 4.33. The molecule has 1 heterocycles. The summed E-state index contributed by atoms with van der Waals surface area (Å²) in [5.74, 6) is 0. The molecule has 2 nitrogen and oxygen atoms in total. The van der Waals surface area contributed by atoms with Gasteiger partial charge in [0.2, 0.25) is 0 Å². The third kappa shape index (κ3) is 1.54. The number of nitrogens with zero attached hydrogens (tertiary/aromatic N) is 1. The lowest BCUT2D eigenvalue weighted by Gasteiger charge is -2.56. The predicted molar refractivity (Wildman–Crippen MR) is 73.9 cm³/mol.